The molecular formula is C50H72O8. The van der Waals surface area contributed by atoms with E-state index in [1.807, 2.05) is 52.0 Å². The lowest BCUT2D eigenvalue weighted by molar-refractivity contribution is -0.324. The molecule has 2 aliphatic rings. The van der Waals surface area contributed by atoms with Crippen molar-refractivity contribution in [2.24, 2.45) is 5.41 Å². The van der Waals surface area contributed by atoms with Crippen molar-refractivity contribution in [2.75, 3.05) is 6.61 Å². The predicted octanol–water partition coefficient (Wildman–Crippen LogP) is 10.3. The molecule has 5 atom stereocenters. The fourth-order valence-corrected chi connectivity index (χ4v) is 6.53. The topological polar surface area (TPSA) is 123 Å². The van der Waals surface area contributed by atoms with E-state index in [0.29, 0.717) is 19.3 Å². The highest BCUT2D eigenvalue weighted by Crippen LogP contribution is 2.39. The Kier molecular flexibility index (Phi) is 21.5. The summed E-state index contributed by atoms with van der Waals surface area (Å²) in [4.78, 5) is 24.0. The van der Waals surface area contributed by atoms with Gasteiger partial charge in [-0.3, -0.25) is 9.59 Å². The molecule has 0 aromatic carbocycles. The molecule has 0 amide bonds. The van der Waals surface area contributed by atoms with Crippen molar-refractivity contribution in [3.05, 3.63) is 130 Å². The smallest absolute Gasteiger partial charge is 0.305 e. The normalized spacial score (nSPS) is 24.8. The zero-order valence-electron chi connectivity index (χ0n) is 37.1. The molecule has 0 unspecified atom stereocenters. The quantitative estimate of drug-likeness (QED) is 0.0822. The third kappa shape index (κ3) is 18.3. The largest absolute Gasteiger partial charge is 0.463 e. The Bertz CT molecular complexity index is 1720. The number of allylic oxidation sites excluding steroid dienone is 22. The van der Waals surface area contributed by atoms with E-state index >= 15 is 0 Å². The predicted molar refractivity (Wildman–Crippen MR) is 237 cm³/mol. The molecule has 1 aliphatic carbocycles. The van der Waals surface area contributed by atoms with E-state index < -0.39 is 42.3 Å². The first-order valence-corrected chi connectivity index (χ1v) is 20.8. The Morgan fingerprint density at radius 2 is 1.33 bits per heavy atom. The van der Waals surface area contributed by atoms with Crippen LogP contribution in [0.5, 0.6) is 0 Å². The zero-order valence-corrected chi connectivity index (χ0v) is 37.1. The van der Waals surface area contributed by atoms with E-state index in [0.717, 1.165) is 52.7 Å². The molecule has 1 fully saturated rings. The molecule has 1 aliphatic heterocycles. The Morgan fingerprint density at radius 1 is 0.793 bits per heavy atom. The minimum absolute atomic E-state index is 0.0209. The second-order valence-corrected chi connectivity index (χ2v) is 17.0. The van der Waals surface area contributed by atoms with E-state index in [1.165, 1.54) is 5.57 Å². The van der Waals surface area contributed by atoms with Crippen LogP contribution in [0.25, 0.3) is 0 Å². The van der Waals surface area contributed by atoms with Crippen LogP contribution in [0.4, 0.5) is 0 Å². The van der Waals surface area contributed by atoms with Crippen LogP contribution in [0.2, 0.25) is 0 Å². The summed E-state index contributed by atoms with van der Waals surface area (Å²) in [5.74, 6) is -0.156. The van der Waals surface area contributed by atoms with Crippen molar-refractivity contribution in [3.63, 3.8) is 0 Å². The molecule has 0 saturated carbocycles. The average Bonchev–Trinajstić information content (AvgIpc) is 3.14. The van der Waals surface area contributed by atoms with Crippen molar-refractivity contribution in [1.29, 1.82) is 0 Å². The number of carbonyl (C=O) groups is 2. The van der Waals surface area contributed by atoms with Crippen LogP contribution in [0, 0.1) is 5.41 Å². The van der Waals surface area contributed by atoms with Crippen molar-refractivity contribution in [2.45, 2.75) is 157 Å². The van der Waals surface area contributed by atoms with Gasteiger partial charge >= 0.3 is 5.97 Å². The maximum absolute atomic E-state index is 12.2. The van der Waals surface area contributed by atoms with Crippen molar-refractivity contribution in [1.82, 2.24) is 0 Å². The highest BCUT2D eigenvalue weighted by atomic mass is 16.7. The number of ketones is 1. The van der Waals surface area contributed by atoms with Crippen molar-refractivity contribution < 1.29 is 39.1 Å². The summed E-state index contributed by atoms with van der Waals surface area (Å²) in [5.41, 5.74) is 7.12. The van der Waals surface area contributed by atoms with E-state index in [2.05, 4.69) is 115 Å². The number of Topliss-reactive ketones (excluding diaryl/α,β-unsaturated/α-hetero) is 1. The van der Waals surface area contributed by atoms with Gasteiger partial charge in [-0.15, -0.1) is 0 Å². The van der Waals surface area contributed by atoms with Crippen LogP contribution in [0.3, 0.4) is 0 Å². The lowest BCUT2D eigenvalue weighted by Crippen LogP contribution is -2.60. The fraction of sp³-hybridized carbons (Fsp3) is 0.520. The number of carbonyl (C=O) groups excluding carboxylic acids is 2. The van der Waals surface area contributed by atoms with Gasteiger partial charge in [0.1, 0.15) is 31.0 Å². The first-order valence-electron chi connectivity index (χ1n) is 20.8. The lowest BCUT2D eigenvalue weighted by Gasteiger charge is -2.42. The summed E-state index contributed by atoms with van der Waals surface area (Å²) in [7, 11) is 0. The maximum Gasteiger partial charge on any atom is 0.305 e. The number of hydrogen-bond acceptors (Lipinski definition) is 8. The van der Waals surface area contributed by atoms with E-state index in [4.69, 9.17) is 14.2 Å². The summed E-state index contributed by atoms with van der Waals surface area (Å²) in [6.07, 6.45) is 29.3. The van der Waals surface area contributed by atoms with Gasteiger partial charge in [-0.25, -0.2) is 0 Å². The summed E-state index contributed by atoms with van der Waals surface area (Å²) in [5, 5.41) is 31.3. The van der Waals surface area contributed by atoms with Crippen molar-refractivity contribution >= 4 is 11.8 Å². The van der Waals surface area contributed by atoms with Crippen LogP contribution in [-0.2, 0) is 23.8 Å². The highest BCUT2D eigenvalue weighted by Gasteiger charge is 2.46. The van der Waals surface area contributed by atoms with Gasteiger partial charge in [-0.05, 0) is 104 Å². The highest BCUT2D eigenvalue weighted by molar-refractivity contribution is 5.97. The second kappa shape index (κ2) is 24.9. The van der Waals surface area contributed by atoms with Gasteiger partial charge in [-0.1, -0.05) is 140 Å². The molecule has 0 radical (unpaired) electrons. The van der Waals surface area contributed by atoms with Crippen LogP contribution in [-0.4, -0.2) is 70.0 Å². The SMILES string of the molecule is CCCC(=O)OC[C@H]1O[C@@H](OC(C)(C)CCC/C(C)=C/C=C/C(C)=C/C=C/C(C)=C/C=C/C=C(C)/C=C/C=C(C)/C=C/C2=C(C)C(=O)CCC2(C)C)[C@H](O)[C@@H](O)[C@@H]1O. The molecule has 0 bridgehead atoms. The molecule has 0 aromatic rings. The van der Waals surface area contributed by atoms with Crippen LogP contribution < -0.4 is 0 Å². The Hall–Kier alpha value is -3.92. The molecule has 8 heteroatoms. The van der Waals surface area contributed by atoms with Crippen LogP contribution in [0.15, 0.2) is 130 Å². The molecule has 2 rings (SSSR count). The Balaban J connectivity index is 1.81. The number of hydrogen-bond donors (Lipinski definition) is 3. The van der Waals surface area contributed by atoms with Gasteiger partial charge in [-0.2, -0.15) is 0 Å². The molecule has 3 N–H and O–H groups in total. The maximum atomic E-state index is 12.2. The molecule has 0 aromatic heterocycles. The van der Waals surface area contributed by atoms with Crippen LogP contribution >= 0.6 is 0 Å². The first-order chi connectivity index (χ1) is 27.3. The summed E-state index contributed by atoms with van der Waals surface area (Å²) >= 11 is 0. The molecule has 320 valence electrons. The van der Waals surface area contributed by atoms with E-state index in [1.54, 1.807) is 0 Å². The number of esters is 1. The molecule has 1 heterocycles. The molecular weight excluding hydrogens is 729 g/mol. The zero-order chi connectivity index (χ0) is 43.5. The van der Waals surface area contributed by atoms with Gasteiger partial charge in [0.05, 0.1) is 5.60 Å². The summed E-state index contributed by atoms with van der Waals surface area (Å²) in [6, 6.07) is 0. The third-order valence-corrected chi connectivity index (χ3v) is 10.4. The molecule has 0 spiro atoms. The van der Waals surface area contributed by atoms with Gasteiger partial charge in [0.15, 0.2) is 12.1 Å². The Labute approximate surface area is 349 Å². The molecule has 58 heavy (non-hydrogen) atoms. The first kappa shape index (κ1) is 50.2. The minimum Gasteiger partial charge on any atom is -0.463 e. The number of ether oxygens (including phenoxy) is 3. The standard InChI is InChI=1S/C50H72O8/c1-12-19-44(52)56-34-43-45(53)46(54)47(55)48(57-43)58-50(10,11)32-18-28-38(5)26-16-25-37(4)24-15-22-35(2)20-13-14-21-36(3)23-17-27-39(6)29-30-41-40(7)42(51)31-33-49(41,8)9/h13-17,20-27,29-30,43,45-48,53-55H,12,18-19,28,31-34H2,1-11H3/b14-13+,22-15+,23-17+,25-16+,30-29+,35-20+,36-21+,37-24+,38-26+,39-27+/t43-,45-,46+,47-,48+/m1/s1. The molecule has 8 nitrogen and oxygen atoms in total. The monoisotopic (exact) mass is 801 g/mol. The third-order valence-electron chi connectivity index (χ3n) is 10.4. The number of aliphatic hydroxyl groups excluding tert-OH is 3. The molecule has 1 saturated heterocycles. The Morgan fingerprint density at radius 3 is 1.90 bits per heavy atom. The summed E-state index contributed by atoms with van der Waals surface area (Å²) < 4.78 is 17.0. The van der Waals surface area contributed by atoms with Crippen molar-refractivity contribution in [3.8, 4) is 0 Å². The van der Waals surface area contributed by atoms with E-state index in [-0.39, 0.29) is 24.2 Å². The average molecular weight is 801 g/mol. The minimum atomic E-state index is -1.49. The number of aliphatic hydroxyl groups is 3. The van der Waals surface area contributed by atoms with Gasteiger partial charge in [0, 0.05) is 12.8 Å². The van der Waals surface area contributed by atoms with E-state index in [9.17, 15) is 24.9 Å². The van der Waals surface area contributed by atoms with Gasteiger partial charge in [0.25, 0.3) is 0 Å². The lowest BCUT2D eigenvalue weighted by atomic mass is 9.72. The summed E-state index contributed by atoms with van der Waals surface area (Å²) in [6.45, 7) is 22.1. The van der Waals surface area contributed by atoms with Gasteiger partial charge in [0.2, 0.25) is 0 Å². The van der Waals surface area contributed by atoms with Crippen LogP contribution in [0.1, 0.15) is 121 Å². The number of rotatable bonds is 20. The van der Waals surface area contributed by atoms with Gasteiger partial charge < -0.3 is 29.5 Å². The second-order valence-electron chi connectivity index (χ2n) is 17.0. The fourth-order valence-electron chi connectivity index (χ4n) is 6.53.